The molecular weight excluding hydrogens is 248 g/mol. The first kappa shape index (κ1) is 12.4. The van der Waals surface area contributed by atoms with Crippen molar-refractivity contribution in [1.29, 1.82) is 0 Å². The number of rotatable bonds is 4. The van der Waals surface area contributed by atoms with E-state index < -0.39 is 0 Å². The average molecular weight is 262 g/mol. The van der Waals surface area contributed by atoms with Crippen molar-refractivity contribution in [2.24, 2.45) is 0 Å². The second-order valence-corrected chi connectivity index (χ2v) is 4.60. The van der Waals surface area contributed by atoms with Crippen LogP contribution in [0.15, 0.2) is 73.1 Å². The van der Waals surface area contributed by atoms with Crippen molar-refractivity contribution >= 4 is 6.29 Å². The Hall–Kier alpha value is -2.68. The van der Waals surface area contributed by atoms with E-state index in [1.165, 1.54) is 0 Å². The number of hydrogen-bond donors (Lipinski definition) is 0. The molecule has 98 valence electrons. The predicted molar refractivity (Wildman–Crippen MR) is 77.7 cm³/mol. The third kappa shape index (κ3) is 2.38. The summed E-state index contributed by atoms with van der Waals surface area (Å²) in [7, 11) is 0. The predicted octanol–water partition coefficient (Wildman–Crippen LogP) is 3.33. The summed E-state index contributed by atoms with van der Waals surface area (Å²) in [5.41, 5.74) is 2.86. The number of hydrogen-bond acceptors (Lipinski definition) is 2. The minimum Gasteiger partial charge on any atom is -0.298 e. The monoisotopic (exact) mass is 262 g/mol. The maximum atomic E-state index is 10.9. The zero-order valence-corrected chi connectivity index (χ0v) is 10.9. The average Bonchev–Trinajstić information content (AvgIpc) is 2.98. The summed E-state index contributed by atoms with van der Waals surface area (Å²) in [5, 5.41) is 4.33. The van der Waals surface area contributed by atoms with Crippen LogP contribution in [-0.2, 0) is 0 Å². The molecule has 0 spiro atoms. The van der Waals surface area contributed by atoms with Gasteiger partial charge in [-0.2, -0.15) is 5.10 Å². The lowest BCUT2D eigenvalue weighted by molar-refractivity contribution is 0.112. The topological polar surface area (TPSA) is 34.9 Å². The Kier molecular flexibility index (Phi) is 3.42. The number of aromatic nitrogens is 2. The van der Waals surface area contributed by atoms with E-state index >= 15 is 0 Å². The molecule has 3 heteroatoms. The molecule has 0 unspecified atom stereocenters. The lowest BCUT2D eigenvalue weighted by Crippen LogP contribution is -2.12. The quantitative estimate of drug-likeness (QED) is 0.676. The molecule has 0 amide bonds. The fourth-order valence-corrected chi connectivity index (χ4v) is 2.32. The van der Waals surface area contributed by atoms with Crippen LogP contribution in [0.5, 0.6) is 0 Å². The minimum absolute atomic E-state index is 0.0221. The van der Waals surface area contributed by atoms with Gasteiger partial charge >= 0.3 is 0 Å². The third-order valence-electron chi connectivity index (χ3n) is 3.25. The summed E-state index contributed by atoms with van der Waals surface area (Å²) in [5.74, 6) is 0. The molecule has 0 saturated heterocycles. The number of nitrogens with zero attached hydrogens (tertiary/aromatic N) is 2. The Balaban J connectivity index is 2.11. The van der Waals surface area contributed by atoms with Gasteiger partial charge in [0.15, 0.2) is 6.29 Å². The molecule has 0 radical (unpaired) electrons. The van der Waals surface area contributed by atoms with Gasteiger partial charge in [-0.1, -0.05) is 60.7 Å². The summed E-state index contributed by atoms with van der Waals surface area (Å²) >= 11 is 0. The highest BCUT2D eigenvalue weighted by molar-refractivity contribution is 5.73. The molecule has 1 heterocycles. The number of carbonyl (C=O) groups excluding carboxylic acids is 1. The van der Waals surface area contributed by atoms with Crippen molar-refractivity contribution in [2.45, 2.75) is 6.04 Å². The number of carbonyl (C=O) groups is 1. The molecule has 2 aromatic carbocycles. The zero-order chi connectivity index (χ0) is 13.8. The molecule has 0 saturated carbocycles. The molecule has 1 aromatic heterocycles. The van der Waals surface area contributed by atoms with Gasteiger partial charge in [-0.05, 0) is 11.1 Å². The van der Waals surface area contributed by atoms with Crippen molar-refractivity contribution in [3.05, 3.63) is 89.7 Å². The van der Waals surface area contributed by atoms with E-state index in [-0.39, 0.29) is 6.04 Å². The molecule has 0 aliphatic rings. The van der Waals surface area contributed by atoms with Crippen LogP contribution in [0, 0.1) is 0 Å². The molecule has 3 rings (SSSR count). The normalized spacial score (nSPS) is 10.7. The van der Waals surface area contributed by atoms with Gasteiger partial charge in [-0.15, -0.1) is 0 Å². The van der Waals surface area contributed by atoms with Crippen molar-refractivity contribution in [3.63, 3.8) is 0 Å². The van der Waals surface area contributed by atoms with Crippen LogP contribution in [0.1, 0.15) is 27.5 Å². The fourth-order valence-electron chi connectivity index (χ4n) is 2.32. The summed E-state index contributed by atoms with van der Waals surface area (Å²) in [4.78, 5) is 10.9. The van der Waals surface area contributed by atoms with Crippen LogP contribution >= 0.6 is 0 Å². The van der Waals surface area contributed by atoms with Crippen molar-refractivity contribution in [1.82, 2.24) is 9.78 Å². The molecule has 3 nitrogen and oxygen atoms in total. The van der Waals surface area contributed by atoms with Crippen molar-refractivity contribution in [2.75, 3.05) is 0 Å². The van der Waals surface area contributed by atoms with Crippen LogP contribution in [0.25, 0.3) is 0 Å². The van der Waals surface area contributed by atoms with Gasteiger partial charge in [0.1, 0.15) is 6.04 Å². The van der Waals surface area contributed by atoms with Crippen LogP contribution in [0.4, 0.5) is 0 Å². The van der Waals surface area contributed by atoms with Gasteiger partial charge in [0.25, 0.3) is 0 Å². The maximum absolute atomic E-state index is 10.9. The van der Waals surface area contributed by atoms with Gasteiger partial charge in [-0.3, -0.25) is 9.48 Å². The van der Waals surface area contributed by atoms with Crippen molar-refractivity contribution in [3.8, 4) is 0 Å². The molecule has 20 heavy (non-hydrogen) atoms. The Bertz CT molecular complexity index is 650. The summed E-state index contributed by atoms with van der Waals surface area (Å²) in [6.07, 6.45) is 4.18. The Labute approximate surface area is 117 Å². The van der Waals surface area contributed by atoms with Crippen molar-refractivity contribution < 1.29 is 4.79 Å². The summed E-state index contributed by atoms with van der Waals surface area (Å²) in [6.45, 7) is 0. The lowest BCUT2D eigenvalue weighted by atomic mass is 9.99. The van der Waals surface area contributed by atoms with Gasteiger partial charge in [0.05, 0.1) is 11.8 Å². The van der Waals surface area contributed by atoms with Gasteiger partial charge in [0.2, 0.25) is 0 Å². The first-order chi connectivity index (χ1) is 9.88. The fraction of sp³-hybridized carbons (Fsp3) is 0.0588. The molecular formula is C17H14N2O. The Morgan fingerprint density at radius 2 is 1.45 bits per heavy atom. The van der Waals surface area contributed by atoms with Crippen LogP contribution in [-0.4, -0.2) is 16.1 Å². The zero-order valence-electron chi connectivity index (χ0n) is 10.9. The third-order valence-corrected chi connectivity index (χ3v) is 3.25. The largest absolute Gasteiger partial charge is 0.298 e. The molecule has 0 N–H and O–H groups in total. The molecule has 0 aliphatic carbocycles. The van der Waals surface area contributed by atoms with E-state index in [4.69, 9.17) is 0 Å². The lowest BCUT2D eigenvalue weighted by Gasteiger charge is -2.18. The smallest absolute Gasteiger partial charge is 0.153 e. The second-order valence-electron chi connectivity index (χ2n) is 4.60. The summed E-state index contributed by atoms with van der Waals surface area (Å²) < 4.78 is 1.83. The van der Waals surface area contributed by atoms with E-state index in [2.05, 4.69) is 29.4 Å². The molecule has 0 bridgehead atoms. The van der Waals surface area contributed by atoms with E-state index in [1.807, 2.05) is 41.1 Å². The van der Waals surface area contributed by atoms with Gasteiger partial charge in [-0.25, -0.2) is 0 Å². The maximum Gasteiger partial charge on any atom is 0.153 e. The van der Waals surface area contributed by atoms with E-state index in [0.29, 0.717) is 5.56 Å². The second kappa shape index (κ2) is 5.53. The first-order valence-corrected chi connectivity index (χ1v) is 6.48. The van der Waals surface area contributed by atoms with E-state index in [9.17, 15) is 4.79 Å². The molecule has 3 aromatic rings. The van der Waals surface area contributed by atoms with Gasteiger partial charge in [0, 0.05) is 6.20 Å². The standard InChI is InChI=1S/C17H14N2O/c20-13-14-11-18-19(12-14)17(15-7-3-1-4-8-15)16-9-5-2-6-10-16/h1-13,17H. The number of aldehydes is 1. The van der Waals surface area contributed by atoms with E-state index in [0.717, 1.165) is 17.4 Å². The SMILES string of the molecule is O=Cc1cnn(C(c2ccccc2)c2ccccc2)c1. The summed E-state index contributed by atoms with van der Waals surface area (Å²) in [6, 6.07) is 20.3. The molecule has 0 aliphatic heterocycles. The molecule has 0 fully saturated rings. The molecule has 0 atom stereocenters. The first-order valence-electron chi connectivity index (χ1n) is 6.48. The minimum atomic E-state index is -0.0221. The Morgan fingerprint density at radius 1 is 0.900 bits per heavy atom. The van der Waals surface area contributed by atoms with E-state index in [1.54, 1.807) is 12.4 Å². The van der Waals surface area contributed by atoms with Crippen LogP contribution < -0.4 is 0 Å². The number of benzene rings is 2. The van der Waals surface area contributed by atoms with Gasteiger partial charge < -0.3 is 0 Å². The Morgan fingerprint density at radius 3 is 1.90 bits per heavy atom. The van der Waals surface area contributed by atoms with Crippen LogP contribution in [0.2, 0.25) is 0 Å². The highest BCUT2D eigenvalue weighted by Crippen LogP contribution is 2.25. The highest BCUT2D eigenvalue weighted by atomic mass is 16.1. The van der Waals surface area contributed by atoms with Crippen LogP contribution in [0.3, 0.4) is 0 Å². The highest BCUT2D eigenvalue weighted by Gasteiger charge is 2.16.